The van der Waals surface area contributed by atoms with Crippen LogP contribution in [0.1, 0.15) is 46.2 Å². The van der Waals surface area contributed by atoms with Crippen molar-refractivity contribution >= 4 is 22.5 Å². The zero-order valence-electron chi connectivity index (χ0n) is 20.1. The van der Waals surface area contributed by atoms with Crippen molar-refractivity contribution in [3.8, 4) is 11.3 Å². The van der Waals surface area contributed by atoms with Crippen molar-refractivity contribution in [2.24, 2.45) is 4.99 Å². The SMILES string of the molecule is [2H]c1cc(-c2ccc3nc(C)n(CC(F)F)c3n2)c2c(N)nc(=NC3CCC(O)(CC)CC3)[nH]n12. The van der Waals surface area contributed by atoms with Gasteiger partial charge in [-0.05, 0) is 57.2 Å². The Kier molecular flexibility index (Phi) is 5.28. The van der Waals surface area contributed by atoms with E-state index in [4.69, 9.17) is 7.10 Å². The van der Waals surface area contributed by atoms with Crippen LogP contribution < -0.4 is 11.4 Å². The quantitative estimate of drug-likeness (QED) is 0.413. The second-order valence-electron chi connectivity index (χ2n) is 8.94. The van der Waals surface area contributed by atoms with Gasteiger partial charge in [0.05, 0.1) is 25.3 Å². The molecule has 0 aliphatic heterocycles. The van der Waals surface area contributed by atoms with E-state index in [0.29, 0.717) is 52.2 Å². The fourth-order valence-corrected chi connectivity index (χ4v) is 4.69. The number of alkyl halides is 2. The highest BCUT2D eigenvalue weighted by Crippen LogP contribution is 2.32. The molecule has 4 aromatic heterocycles. The van der Waals surface area contributed by atoms with Gasteiger partial charge in [-0.3, -0.25) is 9.61 Å². The van der Waals surface area contributed by atoms with E-state index in [1.54, 1.807) is 25.1 Å². The van der Waals surface area contributed by atoms with Crippen LogP contribution in [0.25, 0.3) is 27.9 Å². The predicted octanol–water partition coefficient (Wildman–Crippen LogP) is 3.21. The Morgan fingerprint density at radius 2 is 2.06 bits per heavy atom. The van der Waals surface area contributed by atoms with Gasteiger partial charge >= 0.3 is 0 Å². The van der Waals surface area contributed by atoms with E-state index in [1.807, 2.05) is 6.92 Å². The highest BCUT2D eigenvalue weighted by Gasteiger charge is 2.31. The van der Waals surface area contributed by atoms with E-state index in [-0.39, 0.29) is 18.0 Å². The standard InChI is InChI=1S/C23H28F2N8O/c1-3-23(34)9-6-14(7-10-23)28-22-30-20(26)19-15(8-11-33(19)31-22)16-4-5-17-21(29-16)32(12-18(24)25)13(2)27-17/h4-5,8,11,14,18,34H,3,6-7,9-10,12H2,1-2H3,(H3,26,28,30,31)/i11D. The van der Waals surface area contributed by atoms with Gasteiger partial charge in [0.2, 0.25) is 5.62 Å². The Bertz CT molecular complexity index is 1470. The summed E-state index contributed by atoms with van der Waals surface area (Å²) in [7, 11) is 0. The summed E-state index contributed by atoms with van der Waals surface area (Å²) in [6.07, 6.45) is 1.17. The first-order valence-electron chi connectivity index (χ1n) is 11.9. The summed E-state index contributed by atoms with van der Waals surface area (Å²) in [5.74, 6) is 0.629. The molecule has 4 N–H and O–H groups in total. The van der Waals surface area contributed by atoms with Crippen molar-refractivity contribution in [2.75, 3.05) is 5.73 Å². The molecule has 0 atom stereocenters. The Hall–Kier alpha value is -3.34. The maximum atomic E-state index is 13.1. The number of nitrogens with two attached hydrogens (primary N) is 1. The highest BCUT2D eigenvalue weighted by molar-refractivity contribution is 5.88. The number of pyridine rings is 1. The summed E-state index contributed by atoms with van der Waals surface area (Å²) >= 11 is 0. The molecule has 5 rings (SSSR count). The second-order valence-corrected chi connectivity index (χ2v) is 8.94. The Morgan fingerprint density at radius 3 is 2.76 bits per heavy atom. The number of nitrogens with zero attached hydrogens (tertiary/aromatic N) is 6. The summed E-state index contributed by atoms with van der Waals surface area (Å²) in [6.45, 7) is 3.15. The molecule has 1 aliphatic carbocycles. The summed E-state index contributed by atoms with van der Waals surface area (Å²) in [6, 6.07) is 5.06. The molecule has 0 spiro atoms. The molecular weight excluding hydrogens is 442 g/mol. The van der Waals surface area contributed by atoms with Gasteiger partial charge in [-0.1, -0.05) is 6.92 Å². The largest absolute Gasteiger partial charge is 0.390 e. The lowest BCUT2D eigenvalue weighted by Crippen LogP contribution is -2.35. The number of anilines is 1. The molecule has 1 fully saturated rings. The molecule has 0 amide bonds. The lowest BCUT2D eigenvalue weighted by Gasteiger charge is -2.33. The van der Waals surface area contributed by atoms with E-state index >= 15 is 0 Å². The smallest absolute Gasteiger partial charge is 0.256 e. The third-order valence-corrected chi connectivity index (χ3v) is 6.73. The number of aromatic nitrogens is 6. The first-order chi connectivity index (χ1) is 16.7. The number of nitrogens with one attached hydrogen (secondary N) is 1. The Labute approximate surface area is 195 Å². The summed E-state index contributed by atoms with van der Waals surface area (Å²) in [5, 5.41) is 13.5. The first kappa shape index (κ1) is 21.2. The maximum absolute atomic E-state index is 13.1. The molecule has 0 radical (unpaired) electrons. The second kappa shape index (κ2) is 8.46. The molecule has 0 unspecified atom stereocenters. The molecule has 0 aromatic carbocycles. The number of hydrogen-bond acceptors (Lipinski definition) is 6. The zero-order valence-corrected chi connectivity index (χ0v) is 19.1. The van der Waals surface area contributed by atoms with Crippen molar-refractivity contribution in [1.29, 1.82) is 0 Å². The third-order valence-electron chi connectivity index (χ3n) is 6.73. The van der Waals surface area contributed by atoms with Crippen LogP contribution in [0, 0.1) is 6.92 Å². The van der Waals surface area contributed by atoms with Gasteiger partial charge in [-0.25, -0.2) is 23.7 Å². The third kappa shape index (κ3) is 4.04. The fraction of sp³-hybridized carbons (Fsp3) is 0.478. The Morgan fingerprint density at radius 1 is 1.29 bits per heavy atom. The number of rotatable bonds is 5. The van der Waals surface area contributed by atoms with Gasteiger partial charge < -0.3 is 15.4 Å². The van der Waals surface area contributed by atoms with E-state index in [9.17, 15) is 13.9 Å². The van der Waals surface area contributed by atoms with Gasteiger partial charge in [0.25, 0.3) is 6.43 Å². The number of hydrogen-bond donors (Lipinski definition) is 3. The van der Waals surface area contributed by atoms with E-state index in [0.717, 1.165) is 19.3 Å². The average Bonchev–Trinajstić information content (AvgIpc) is 3.31. The van der Waals surface area contributed by atoms with Crippen molar-refractivity contribution in [3.63, 3.8) is 0 Å². The molecule has 1 saturated carbocycles. The van der Waals surface area contributed by atoms with Crippen LogP contribution in [0.3, 0.4) is 0 Å². The highest BCUT2D eigenvalue weighted by atomic mass is 19.3. The number of aromatic amines is 1. The van der Waals surface area contributed by atoms with Gasteiger partial charge in [0.1, 0.15) is 16.9 Å². The van der Waals surface area contributed by atoms with Crippen LogP contribution in [0.15, 0.2) is 29.4 Å². The number of imidazole rings is 1. The van der Waals surface area contributed by atoms with E-state index in [1.165, 1.54) is 9.08 Å². The minimum absolute atomic E-state index is 0.00840. The number of H-pyrrole nitrogens is 1. The summed E-state index contributed by atoms with van der Waals surface area (Å²) < 4.78 is 37.5. The molecule has 34 heavy (non-hydrogen) atoms. The van der Waals surface area contributed by atoms with Crippen molar-refractivity contribution in [3.05, 3.63) is 35.8 Å². The fourth-order valence-electron chi connectivity index (χ4n) is 4.69. The zero-order chi connectivity index (χ0) is 24.9. The summed E-state index contributed by atoms with van der Waals surface area (Å²) in [5.41, 5.74) is 8.35. The minimum Gasteiger partial charge on any atom is -0.390 e. The topological polar surface area (TPSA) is 122 Å². The maximum Gasteiger partial charge on any atom is 0.256 e. The molecule has 0 saturated heterocycles. The molecular formula is C23H28F2N8O. The van der Waals surface area contributed by atoms with Crippen LogP contribution in [-0.4, -0.2) is 52.3 Å². The number of aliphatic hydroxyl groups is 1. The molecule has 11 heteroatoms. The molecule has 1 aliphatic rings. The number of aryl methyl sites for hydroxylation is 1. The Balaban J connectivity index is 1.55. The van der Waals surface area contributed by atoms with E-state index < -0.39 is 18.6 Å². The van der Waals surface area contributed by atoms with Gasteiger partial charge in [-0.2, -0.15) is 4.98 Å². The molecule has 4 heterocycles. The van der Waals surface area contributed by atoms with Gasteiger partial charge in [0.15, 0.2) is 11.5 Å². The minimum atomic E-state index is -2.54. The number of fused-ring (bicyclic) bond motifs is 2. The van der Waals surface area contributed by atoms with Crippen LogP contribution in [0.4, 0.5) is 14.6 Å². The average molecular weight is 472 g/mol. The molecule has 4 aromatic rings. The lowest BCUT2D eigenvalue weighted by atomic mass is 9.81. The monoisotopic (exact) mass is 471 g/mol. The first-order valence-corrected chi connectivity index (χ1v) is 11.4. The van der Waals surface area contributed by atoms with E-state index in [2.05, 4.69) is 25.0 Å². The number of nitrogen functional groups attached to an aromatic ring is 1. The normalized spacial score (nSPS) is 22.2. The lowest BCUT2D eigenvalue weighted by molar-refractivity contribution is -0.00368. The number of halogens is 2. The van der Waals surface area contributed by atoms with Crippen LogP contribution >= 0.6 is 0 Å². The summed E-state index contributed by atoms with van der Waals surface area (Å²) in [4.78, 5) is 18.0. The van der Waals surface area contributed by atoms with Crippen molar-refractivity contribution < 1.29 is 15.3 Å². The van der Waals surface area contributed by atoms with Gasteiger partial charge in [-0.15, -0.1) is 0 Å². The molecule has 180 valence electrons. The van der Waals surface area contributed by atoms with Gasteiger partial charge in [0, 0.05) is 11.7 Å². The van der Waals surface area contributed by atoms with Crippen molar-refractivity contribution in [2.45, 2.75) is 70.6 Å². The molecule has 9 nitrogen and oxygen atoms in total. The van der Waals surface area contributed by atoms with Crippen LogP contribution in [0.2, 0.25) is 0 Å². The van der Waals surface area contributed by atoms with Crippen LogP contribution in [0.5, 0.6) is 0 Å². The predicted molar refractivity (Wildman–Crippen MR) is 124 cm³/mol. The van der Waals surface area contributed by atoms with Crippen LogP contribution in [-0.2, 0) is 6.54 Å². The molecule has 0 bridgehead atoms. The van der Waals surface area contributed by atoms with Crippen molar-refractivity contribution in [1.82, 2.24) is 29.1 Å².